The van der Waals surface area contributed by atoms with Gasteiger partial charge in [-0.2, -0.15) is 0 Å². The maximum absolute atomic E-state index is 13.1. The maximum Gasteiger partial charge on any atom is 0.137 e. The van der Waals surface area contributed by atoms with Crippen molar-refractivity contribution in [2.24, 2.45) is 5.73 Å². The Morgan fingerprint density at radius 3 is 2.54 bits per heavy atom. The molecule has 1 atom stereocenters. The van der Waals surface area contributed by atoms with Gasteiger partial charge in [0.1, 0.15) is 11.6 Å². The molecule has 0 aliphatic rings. The second-order valence-electron chi connectivity index (χ2n) is 2.58. The highest BCUT2D eigenvalue weighted by molar-refractivity contribution is 14.1. The van der Waals surface area contributed by atoms with Crippen LogP contribution in [0.3, 0.4) is 0 Å². The zero-order valence-electron chi connectivity index (χ0n) is 6.60. The molecule has 2 nitrogen and oxygen atoms in total. The van der Waals surface area contributed by atoms with Crippen LogP contribution in [-0.2, 0) is 0 Å². The minimum absolute atomic E-state index is 0.000385. The fourth-order valence-corrected chi connectivity index (χ4v) is 1.35. The summed E-state index contributed by atoms with van der Waals surface area (Å²) < 4.78 is 26.2. The highest BCUT2D eigenvalue weighted by Crippen LogP contribution is 2.20. The molecular formula is C8H8F2INO. The number of aliphatic hydroxyl groups excluding tert-OH is 1. The van der Waals surface area contributed by atoms with E-state index in [1.54, 1.807) is 22.6 Å². The van der Waals surface area contributed by atoms with Crippen LogP contribution in [0.25, 0.3) is 0 Å². The van der Waals surface area contributed by atoms with E-state index in [4.69, 9.17) is 10.8 Å². The van der Waals surface area contributed by atoms with Crippen molar-refractivity contribution in [3.05, 3.63) is 32.9 Å². The first kappa shape index (κ1) is 10.8. The fourth-order valence-electron chi connectivity index (χ4n) is 0.920. The summed E-state index contributed by atoms with van der Waals surface area (Å²) in [5.74, 6) is -1.12. The van der Waals surface area contributed by atoms with Crippen LogP contribution in [0, 0.1) is 15.2 Å². The molecule has 1 aromatic rings. The number of nitrogens with two attached hydrogens (primary N) is 1. The lowest BCUT2D eigenvalue weighted by Crippen LogP contribution is -2.16. The van der Waals surface area contributed by atoms with Crippen molar-refractivity contribution in [3.63, 3.8) is 0 Å². The van der Waals surface area contributed by atoms with E-state index in [0.717, 1.165) is 12.1 Å². The summed E-state index contributed by atoms with van der Waals surface area (Å²) >= 11 is 1.68. The molecule has 0 radical (unpaired) electrons. The van der Waals surface area contributed by atoms with Crippen molar-refractivity contribution in [3.8, 4) is 0 Å². The molecule has 0 unspecified atom stereocenters. The van der Waals surface area contributed by atoms with E-state index >= 15 is 0 Å². The molecule has 0 aromatic heterocycles. The molecule has 0 amide bonds. The van der Waals surface area contributed by atoms with Crippen LogP contribution in [0.1, 0.15) is 11.6 Å². The highest BCUT2D eigenvalue weighted by atomic mass is 127. The number of benzene rings is 1. The van der Waals surface area contributed by atoms with Crippen LogP contribution in [0.15, 0.2) is 12.1 Å². The van der Waals surface area contributed by atoms with Gasteiger partial charge in [0, 0.05) is 5.56 Å². The smallest absolute Gasteiger partial charge is 0.137 e. The van der Waals surface area contributed by atoms with E-state index in [-0.39, 0.29) is 9.13 Å². The normalized spacial score (nSPS) is 13.0. The number of hydrogen-bond acceptors (Lipinski definition) is 2. The lowest BCUT2D eigenvalue weighted by Gasteiger charge is -2.10. The lowest BCUT2D eigenvalue weighted by atomic mass is 10.1. The third-order valence-electron chi connectivity index (χ3n) is 1.64. The van der Waals surface area contributed by atoms with E-state index in [1.807, 2.05) is 0 Å². The van der Waals surface area contributed by atoms with Gasteiger partial charge in [0.15, 0.2) is 0 Å². The fraction of sp³-hybridized carbons (Fsp3) is 0.250. The molecule has 13 heavy (non-hydrogen) atoms. The van der Waals surface area contributed by atoms with E-state index < -0.39 is 24.3 Å². The number of aliphatic hydroxyl groups is 1. The third kappa shape index (κ3) is 2.35. The second-order valence-corrected chi connectivity index (χ2v) is 3.74. The van der Waals surface area contributed by atoms with E-state index in [2.05, 4.69) is 0 Å². The number of halogens is 3. The Morgan fingerprint density at radius 2 is 2.00 bits per heavy atom. The molecule has 0 aliphatic carbocycles. The van der Waals surface area contributed by atoms with Gasteiger partial charge in [0.2, 0.25) is 0 Å². The van der Waals surface area contributed by atoms with Gasteiger partial charge in [0.05, 0.1) is 16.2 Å². The molecule has 0 saturated carbocycles. The van der Waals surface area contributed by atoms with Gasteiger partial charge in [-0.1, -0.05) is 0 Å². The van der Waals surface area contributed by atoms with Gasteiger partial charge in [-0.05, 0) is 34.7 Å². The molecule has 0 spiro atoms. The van der Waals surface area contributed by atoms with E-state index in [1.165, 1.54) is 0 Å². The van der Waals surface area contributed by atoms with Crippen LogP contribution in [0.4, 0.5) is 8.78 Å². The Labute approximate surface area is 87.9 Å². The summed E-state index contributed by atoms with van der Waals surface area (Å²) in [5.41, 5.74) is 5.36. The Morgan fingerprint density at radius 1 is 1.38 bits per heavy atom. The van der Waals surface area contributed by atoms with Crippen molar-refractivity contribution in [1.29, 1.82) is 0 Å². The molecular weight excluding hydrogens is 291 g/mol. The first-order valence-electron chi connectivity index (χ1n) is 3.57. The van der Waals surface area contributed by atoms with Crippen LogP contribution < -0.4 is 5.73 Å². The first-order valence-corrected chi connectivity index (χ1v) is 4.65. The SMILES string of the molecule is N[C@H](CO)c1cc(F)c(I)cc1F. The van der Waals surface area contributed by atoms with Crippen molar-refractivity contribution < 1.29 is 13.9 Å². The topological polar surface area (TPSA) is 46.2 Å². The van der Waals surface area contributed by atoms with Crippen LogP contribution in [-0.4, -0.2) is 11.7 Å². The zero-order chi connectivity index (χ0) is 10.0. The summed E-state index contributed by atoms with van der Waals surface area (Å²) in [5, 5.41) is 8.66. The Hall–Kier alpha value is -0.270. The van der Waals surface area contributed by atoms with Gasteiger partial charge in [-0.25, -0.2) is 8.78 Å². The van der Waals surface area contributed by atoms with Gasteiger partial charge in [-0.3, -0.25) is 0 Å². The van der Waals surface area contributed by atoms with Crippen molar-refractivity contribution in [2.75, 3.05) is 6.61 Å². The Bertz CT molecular complexity index is 319. The quantitative estimate of drug-likeness (QED) is 0.643. The summed E-state index contributed by atoms with van der Waals surface area (Å²) in [7, 11) is 0. The van der Waals surface area contributed by atoms with Crippen LogP contribution in [0.5, 0.6) is 0 Å². The van der Waals surface area contributed by atoms with Crippen molar-refractivity contribution in [1.82, 2.24) is 0 Å². The average molecular weight is 299 g/mol. The zero-order valence-corrected chi connectivity index (χ0v) is 8.76. The van der Waals surface area contributed by atoms with Crippen LogP contribution in [0.2, 0.25) is 0 Å². The minimum Gasteiger partial charge on any atom is -0.394 e. The lowest BCUT2D eigenvalue weighted by molar-refractivity contribution is 0.265. The van der Waals surface area contributed by atoms with Crippen molar-refractivity contribution >= 4 is 22.6 Å². The largest absolute Gasteiger partial charge is 0.394 e. The van der Waals surface area contributed by atoms with Gasteiger partial charge < -0.3 is 10.8 Å². The third-order valence-corrected chi connectivity index (χ3v) is 2.46. The average Bonchev–Trinajstić information content (AvgIpc) is 2.10. The molecule has 0 saturated heterocycles. The number of hydrogen-bond donors (Lipinski definition) is 2. The molecule has 0 aliphatic heterocycles. The maximum atomic E-state index is 13.1. The highest BCUT2D eigenvalue weighted by Gasteiger charge is 2.13. The van der Waals surface area contributed by atoms with E-state index in [9.17, 15) is 8.78 Å². The van der Waals surface area contributed by atoms with Gasteiger partial charge in [0.25, 0.3) is 0 Å². The minimum atomic E-state index is -0.869. The number of rotatable bonds is 2. The first-order chi connectivity index (χ1) is 6.06. The van der Waals surface area contributed by atoms with Gasteiger partial charge >= 0.3 is 0 Å². The molecule has 0 heterocycles. The van der Waals surface area contributed by atoms with Crippen molar-refractivity contribution in [2.45, 2.75) is 6.04 Å². The monoisotopic (exact) mass is 299 g/mol. The second kappa shape index (κ2) is 4.30. The Kier molecular flexibility index (Phi) is 3.57. The summed E-state index contributed by atoms with van der Waals surface area (Å²) in [6.45, 7) is -0.406. The summed E-state index contributed by atoms with van der Waals surface area (Å²) in [6.07, 6.45) is 0. The summed E-state index contributed by atoms with van der Waals surface area (Å²) in [6, 6.07) is 1.20. The molecule has 72 valence electrons. The predicted molar refractivity (Wildman–Crippen MR) is 53.1 cm³/mol. The molecule has 1 aromatic carbocycles. The molecule has 0 fully saturated rings. The van der Waals surface area contributed by atoms with E-state index in [0.29, 0.717) is 0 Å². The molecule has 5 heteroatoms. The standard InChI is InChI=1S/C8H8F2INO/c9-5-2-7(11)6(10)1-4(5)8(12)3-13/h1-2,8,13H,3,12H2/t8-/m1/s1. The predicted octanol–water partition coefficient (Wildman–Crippen LogP) is 1.56. The molecule has 1 rings (SSSR count). The molecule has 0 bridgehead atoms. The summed E-state index contributed by atoms with van der Waals surface area (Å²) in [4.78, 5) is 0. The molecule has 3 N–H and O–H groups in total. The van der Waals surface area contributed by atoms with Gasteiger partial charge in [-0.15, -0.1) is 0 Å². The Balaban J connectivity index is 3.15. The van der Waals surface area contributed by atoms with Crippen LogP contribution >= 0.6 is 22.6 Å².